The fourth-order valence-electron chi connectivity index (χ4n) is 1.38. The number of β-lactam (4-membered cyclic amide) rings is 1. The van der Waals surface area contributed by atoms with Crippen molar-refractivity contribution in [2.24, 2.45) is 0 Å². The van der Waals surface area contributed by atoms with E-state index in [-0.39, 0.29) is 23.6 Å². The van der Waals surface area contributed by atoms with Crippen LogP contribution in [-0.2, 0) is 15.3 Å². The molecule has 0 saturated carbocycles. The molecule has 0 aromatic carbocycles. The average Bonchev–Trinajstić information content (AvgIpc) is 2.79. The molecular formula is C12H13NO4S. The maximum Gasteiger partial charge on any atom is 0.374 e. The lowest BCUT2D eigenvalue weighted by Crippen LogP contribution is -2.46. The molecule has 0 radical (unpaired) electrons. The third-order valence-corrected chi connectivity index (χ3v) is 3.45. The Morgan fingerprint density at radius 3 is 3.11 bits per heavy atom. The third kappa shape index (κ3) is 3.16. The second-order valence-corrected chi connectivity index (χ2v) is 4.92. The Hall–Kier alpha value is -1.69. The number of hydrogen-bond donors (Lipinski definition) is 1. The molecule has 96 valence electrons. The summed E-state index contributed by atoms with van der Waals surface area (Å²) in [7, 11) is 0. The fraction of sp³-hybridized carbons (Fsp3) is 0.333. The van der Waals surface area contributed by atoms with Crippen LogP contribution in [0.1, 0.15) is 22.7 Å². The Morgan fingerprint density at radius 1 is 1.67 bits per heavy atom. The second-order valence-electron chi connectivity index (χ2n) is 3.72. The molecule has 1 N–H and O–H groups in total. The van der Waals surface area contributed by atoms with Gasteiger partial charge in [0.15, 0.2) is 0 Å². The van der Waals surface area contributed by atoms with Crippen molar-refractivity contribution in [2.45, 2.75) is 17.5 Å². The zero-order valence-corrected chi connectivity index (χ0v) is 10.5. The van der Waals surface area contributed by atoms with Crippen LogP contribution in [0, 0.1) is 0 Å². The molecule has 1 fully saturated rings. The van der Waals surface area contributed by atoms with Crippen LogP contribution in [0.5, 0.6) is 0 Å². The van der Waals surface area contributed by atoms with Gasteiger partial charge in [-0.25, -0.2) is 4.79 Å². The van der Waals surface area contributed by atoms with E-state index < -0.39 is 5.97 Å². The third-order valence-electron chi connectivity index (χ3n) is 2.31. The van der Waals surface area contributed by atoms with Gasteiger partial charge in [-0.1, -0.05) is 12.7 Å². The summed E-state index contributed by atoms with van der Waals surface area (Å²) in [5, 5.41) is 2.90. The highest BCUT2D eigenvalue weighted by atomic mass is 32.2. The van der Waals surface area contributed by atoms with Gasteiger partial charge in [-0.15, -0.1) is 11.8 Å². The number of carbonyl (C=O) groups excluding carboxylic acids is 2. The Balaban J connectivity index is 1.80. The van der Waals surface area contributed by atoms with E-state index >= 15 is 0 Å². The summed E-state index contributed by atoms with van der Waals surface area (Å²) in [5.41, 5.74) is 0. The summed E-state index contributed by atoms with van der Waals surface area (Å²) >= 11 is 1.57. The number of amides is 1. The molecule has 18 heavy (non-hydrogen) atoms. The molecule has 1 unspecified atom stereocenters. The van der Waals surface area contributed by atoms with Gasteiger partial charge in [0.2, 0.25) is 11.7 Å². The van der Waals surface area contributed by atoms with Crippen LogP contribution < -0.4 is 5.32 Å². The number of nitrogens with one attached hydrogen (secondary N) is 1. The molecule has 1 aliphatic heterocycles. The van der Waals surface area contributed by atoms with Crippen LogP contribution in [0.3, 0.4) is 0 Å². The second kappa shape index (κ2) is 5.77. The van der Waals surface area contributed by atoms with Crippen molar-refractivity contribution < 1.29 is 18.7 Å². The molecule has 2 heterocycles. The first kappa shape index (κ1) is 12.8. The molecule has 0 aliphatic carbocycles. The van der Waals surface area contributed by atoms with E-state index in [2.05, 4.69) is 11.9 Å². The van der Waals surface area contributed by atoms with Gasteiger partial charge in [0, 0.05) is 0 Å². The smallest absolute Gasteiger partial charge is 0.374 e. The van der Waals surface area contributed by atoms with Crippen molar-refractivity contribution in [2.75, 3.05) is 6.61 Å². The summed E-state index contributed by atoms with van der Waals surface area (Å²) < 4.78 is 10.2. The van der Waals surface area contributed by atoms with Crippen LogP contribution in [0.25, 0.3) is 0 Å². The monoisotopic (exact) mass is 267 g/mol. The molecule has 1 aromatic rings. The van der Waals surface area contributed by atoms with Gasteiger partial charge in [-0.05, 0) is 12.1 Å². The molecule has 1 aromatic heterocycles. The molecule has 2 rings (SSSR count). The average molecular weight is 267 g/mol. The number of rotatable bonds is 6. The maximum absolute atomic E-state index is 11.4. The van der Waals surface area contributed by atoms with E-state index in [0.29, 0.717) is 17.9 Å². The van der Waals surface area contributed by atoms with Crippen molar-refractivity contribution in [1.82, 2.24) is 5.32 Å². The maximum atomic E-state index is 11.4. The van der Waals surface area contributed by atoms with E-state index in [0.717, 1.165) is 0 Å². The normalized spacial score (nSPS) is 17.8. The van der Waals surface area contributed by atoms with Gasteiger partial charge in [0.05, 0.1) is 17.5 Å². The minimum Gasteiger partial charge on any atom is -0.456 e. The van der Waals surface area contributed by atoms with Crippen molar-refractivity contribution in [3.63, 3.8) is 0 Å². The van der Waals surface area contributed by atoms with Crippen LogP contribution in [0.15, 0.2) is 29.2 Å². The zero-order valence-electron chi connectivity index (χ0n) is 9.68. The van der Waals surface area contributed by atoms with Gasteiger partial charge in [-0.2, -0.15) is 0 Å². The first-order valence-electron chi connectivity index (χ1n) is 5.46. The summed E-state index contributed by atoms with van der Waals surface area (Å²) in [4.78, 5) is 22.1. The van der Waals surface area contributed by atoms with Crippen molar-refractivity contribution >= 4 is 23.6 Å². The van der Waals surface area contributed by atoms with E-state index in [1.54, 1.807) is 23.9 Å². The predicted molar refractivity (Wildman–Crippen MR) is 67.0 cm³/mol. The lowest BCUT2D eigenvalue weighted by atomic mass is 10.3. The summed E-state index contributed by atoms with van der Waals surface area (Å²) in [6, 6.07) is 3.32. The van der Waals surface area contributed by atoms with Crippen LogP contribution >= 0.6 is 11.8 Å². The van der Waals surface area contributed by atoms with Crippen LogP contribution in [0.4, 0.5) is 0 Å². The first-order valence-corrected chi connectivity index (χ1v) is 6.51. The highest BCUT2D eigenvalue weighted by molar-refractivity contribution is 7.99. The molecule has 1 aliphatic rings. The summed E-state index contributed by atoms with van der Waals surface area (Å²) in [5.74, 6) is 1.06. The Labute approximate surface area is 109 Å². The molecule has 0 spiro atoms. The van der Waals surface area contributed by atoms with Crippen molar-refractivity contribution in [3.8, 4) is 0 Å². The molecule has 6 heteroatoms. The number of esters is 1. The lowest BCUT2D eigenvalue weighted by Gasteiger charge is -2.25. The van der Waals surface area contributed by atoms with E-state index in [4.69, 9.17) is 9.15 Å². The van der Waals surface area contributed by atoms with E-state index in [1.165, 1.54) is 6.08 Å². The minimum atomic E-state index is -0.497. The number of carbonyl (C=O) groups is 2. The molecule has 1 saturated heterocycles. The van der Waals surface area contributed by atoms with Gasteiger partial charge in [0.1, 0.15) is 12.4 Å². The lowest BCUT2D eigenvalue weighted by molar-refractivity contribution is -0.126. The Kier molecular flexibility index (Phi) is 4.09. The summed E-state index contributed by atoms with van der Waals surface area (Å²) in [6.07, 6.45) is 2.04. The number of ether oxygens (including phenoxy) is 1. The predicted octanol–water partition coefficient (Wildman–Crippen LogP) is 1.70. The minimum absolute atomic E-state index is 0.0700. The Morgan fingerprint density at radius 2 is 2.44 bits per heavy atom. The van der Waals surface area contributed by atoms with Gasteiger partial charge in [-0.3, -0.25) is 4.79 Å². The van der Waals surface area contributed by atoms with Crippen molar-refractivity contribution in [1.29, 1.82) is 0 Å². The fourth-order valence-corrected chi connectivity index (χ4v) is 2.39. The SMILES string of the molecule is C=CCOC(=O)c1ccc(CSC2CC(=O)N2)o1. The molecule has 0 bridgehead atoms. The van der Waals surface area contributed by atoms with Crippen molar-refractivity contribution in [3.05, 3.63) is 36.3 Å². The number of thioether (sulfide) groups is 1. The number of hydrogen-bond acceptors (Lipinski definition) is 5. The van der Waals surface area contributed by atoms with Crippen LogP contribution in [-0.4, -0.2) is 23.9 Å². The molecular weight excluding hydrogens is 254 g/mol. The standard InChI is InChI=1S/C12H13NO4S/c1-2-5-16-12(15)9-4-3-8(17-9)7-18-11-6-10(14)13-11/h2-4,11H,1,5-7H2,(H,13,14). The topological polar surface area (TPSA) is 68.5 Å². The quantitative estimate of drug-likeness (QED) is 0.482. The van der Waals surface area contributed by atoms with Gasteiger partial charge in [0.25, 0.3) is 0 Å². The van der Waals surface area contributed by atoms with Gasteiger partial charge >= 0.3 is 5.97 Å². The highest BCUT2D eigenvalue weighted by Crippen LogP contribution is 2.24. The summed E-state index contributed by atoms with van der Waals surface area (Å²) in [6.45, 7) is 3.62. The van der Waals surface area contributed by atoms with Crippen LogP contribution in [0.2, 0.25) is 0 Å². The largest absolute Gasteiger partial charge is 0.456 e. The molecule has 5 nitrogen and oxygen atoms in total. The van der Waals surface area contributed by atoms with Gasteiger partial charge < -0.3 is 14.5 Å². The molecule has 1 amide bonds. The Bertz CT molecular complexity index is 460. The zero-order chi connectivity index (χ0) is 13.0. The van der Waals surface area contributed by atoms with E-state index in [1.807, 2.05) is 0 Å². The van der Waals surface area contributed by atoms with E-state index in [9.17, 15) is 9.59 Å². The number of furan rings is 1. The highest BCUT2D eigenvalue weighted by Gasteiger charge is 2.25. The first-order chi connectivity index (χ1) is 8.69. The molecule has 1 atom stereocenters.